The molecule has 1 nitrogen and oxygen atoms in total. The lowest BCUT2D eigenvalue weighted by Gasteiger charge is -2.06. The highest BCUT2D eigenvalue weighted by Crippen LogP contribution is 2.09. The number of rotatable bonds is 6. The van der Waals surface area contributed by atoms with E-state index in [1.807, 2.05) is 11.8 Å². The second-order valence-electron chi connectivity index (χ2n) is 3.32. The minimum Gasteiger partial charge on any atom is -0.385 e. The van der Waals surface area contributed by atoms with E-state index in [1.54, 1.807) is 0 Å². The predicted octanol–water partition coefficient (Wildman–Crippen LogP) is 3.41. The van der Waals surface area contributed by atoms with Crippen molar-refractivity contribution < 1.29 is 0 Å². The molecule has 0 aliphatic carbocycles. The van der Waals surface area contributed by atoms with E-state index in [0.29, 0.717) is 0 Å². The lowest BCUT2D eigenvalue weighted by Crippen LogP contribution is -2.02. The van der Waals surface area contributed by atoms with Crippen molar-refractivity contribution in [2.45, 2.75) is 19.8 Å². The normalized spacial score (nSPS) is 10.1. The monoisotopic (exact) mass is 209 g/mol. The lowest BCUT2D eigenvalue weighted by atomic mass is 10.1. The minimum absolute atomic E-state index is 1.08. The molecule has 0 unspecified atom stereocenters. The van der Waals surface area contributed by atoms with Crippen LogP contribution in [0.1, 0.15) is 18.9 Å². The van der Waals surface area contributed by atoms with Crippen molar-refractivity contribution in [3.8, 4) is 0 Å². The average molecular weight is 209 g/mol. The van der Waals surface area contributed by atoms with Crippen LogP contribution >= 0.6 is 11.8 Å². The molecule has 0 heterocycles. The topological polar surface area (TPSA) is 12.0 Å². The Balaban J connectivity index is 2.29. The van der Waals surface area contributed by atoms with Gasteiger partial charge in [-0.1, -0.05) is 19.1 Å². The Bertz CT molecular complexity index is 243. The first-order valence-electron chi connectivity index (χ1n) is 5.18. The molecule has 0 saturated heterocycles. The maximum absolute atomic E-state index is 3.42. The molecule has 1 aromatic rings. The summed E-state index contributed by atoms with van der Waals surface area (Å²) < 4.78 is 0. The van der Waals surface area contributed by atoms with Gasteiger partial charge >= 0.3 is 0 Å². The Morgan fingerprint density at radius 2 is 1.93 bits per heavy atom. The summed E-state index contributed by atoms with van der Waals surface area (Å²) in [6.07, 6.45) is 4.50. The first kappa shape index (κ1) is 11.4. The molecule has 1 N–H and O–H groups in total. The highest BCUT2D eigenvalue weighted by molar-refractivity contribution is 7.98. The number of benzene rings is 1. The van der Waals surface area contributed by atoms with E-state index in [0.717, 1.165) is 13.0 Å². The van der Waals surface area contributed by atoms with Gasteiger partial charge in [-0.25, -0.2) is 0 Å². The van der Waals surface area contributed by atoms with Crippen LogP contribution in [0.15, 0.2) is 24.3 Å². The molecule has 2 heteroatoms. The summed E-state index contributed by atoms with van der Waals surface area (Å²) >= 11 is 1.90. The average Bonchev–Trinajstić information content (AvgIpc) is 2.25. The van der Waals surface area contributed by atoms with Crippen LogP contribution in [0, 0.1) is 0 Å². The summed E-state index contributed by atoms with van der Waals surface area (Å²) in [5.74, 6) is 1.24. The van der Waals surface area contributed by atoms with Gasteiger partial charge in [0.1, 0.15) is 0 Å². The van der Waals surface area contributed by atoms with Crippen LogP contribution in [-0.2, 0) is 6.42 Å². The van der Waals surface area contributed by atoms with E-state index >= 15 is 0 Å². The van der Waals surface area contributed by atoms with Gasteiger partial charge in [-0.2, -0.15) is 11.8 Å². The predicted molar refractivity (Wildman–Crippen MR) is 67.3 cm³/mol. The van der Waals surface area contributed by atoms with Gasteiger partial charge in [-0.15, -0.1) is 0 Å². The molecular formula is C12H19NS. The summed E-state index contributed by atoms with van der Waals surface area (Å²) in [5, 5.41) is 3.42. The molecule has 0 atom stereocenters. The first-order chi connectivity index (χ1) is 6.86. The van der Waals surface area contributed by atoms with Gasteiger partial charge in [0.05, 0.1) is 0 Å². The lowest BCUT2D eigenvalue weighted by molar-refractivity contribution is 0.992. The summed E-state index contributed by atoms with van der Waals surface area (Å²) in [7, 11) is 0. The Hall–Kier alpha value is -0.630. The van der Waals surface area contributed by atoms with E-state index in [4.69, 9.17) is 0 Å². The molecule has 0 amide bonds. The maximum atomic E-state index is 3.42. The minimum atomic E-state index is 1.08. The van der Waals surface area contributed by atoms with Crippen molar-refractivity contribution >= 4 is 17.4 Å². The Morgan fingerprint density at radius 1 is 1.21 bits per heavy atom. The smallest absolute Gasteiger partial charge is 0.0340 e. The van der Waals surface area contributed by atoms with Crippen molar-refractivity contribution in [1.29, 1.82) is 0 Å². The molecule has 1 rings (SSSR count). The van der Waals surface area contributed by atoms with Crippen molar-refractivity contribution in [1.82, 2.24) is 0 Å². The highest BCUT2D eigenvalue weighted by Gasteiger charge is 1.92. The zero-order valence-corrected chi connectivity index (χ0v) is 9.86. The van der Waals surface area contributed by atoms with Crippen LogP contribution in [0.5, 0.6) is 0 Å². The van der Waals surface area contributed by atoms with Crippen LogP contribution in [-0.4, -0.2) is 18.6 Å². The van der Waals surface area contributed by atoms with Crippen LogP contribution in [0.25, 0.3) is 0 Å². The number of aryl methyl sites for hydroxylation is 1. The van der Waals surface area contributed by atoms with E-state index in [1.165, 1.54) is 23.4 Å². The molecular weight excluding hydrogens is 190 g/mol. The quantitative estimate of drug-likeness (QED) is 0.721. The molecule has 78 valence electrons. The number of thioether (sulfide) groups is 1. The van der Waals surface area contributed by atoms with Gasteiger partial charge in [0.2, 0.25) is 0 Å². The first-order valence-corrected chi connectivity index (χ1v) is 6.58. The zero-order chi connectivity index (χ0) is 10.2. The standard InChI is InChI=1S/C12H19NS/c1-3-11-5-7-12(8-6-11)13-9-4-10-14-2/h5-8,13H,3-4,9-10H2,1-2H3. The van der Waals surface area contributed by atoms with E-state index < -0.39 is 0 Å². The second kappa shape index (κ2) is 6.77. The van der Waals surface area contributed by atoms with E-state index in [-0.39, 0.29) is 0 Å². The summed E-state index contributed by atoms with van der Waals surface area (Å²) in [6.45, 7) is 3.26. The molecule has 0 spiro atoms. The molecule has 0 radical (unpaired) electrons. The fourth-order valence-corrected chi connectivity index (χ4v) is 1.74. The zero-order valence-electron chi connectivity index (χ0n) is 9.05. The van der Waals surface area contributed by atoms with Crippen molar-refractivity contribution in [3.05, 3.63) is 29.8 Å². The Labute approximate surface area is 91.3 Å². The molecule has 0 aliphatic rings. The largest absolute Gasteiger partial charge is 0.385 e. The molecule has 0 bridgehead atoms. The molecule has 0 aromatic heterocycles. The van der Waals surface area contributed by atoms with Gasteiger partial charge in [-0.3, -0.25) is 0 Å². The van der Waals surface area contributed by atoms with Gasteiger partial charge < -0.3 is 5.32 Å². The van der Waals surface area contributed by atoms with E-state index in [9.17, 15) is 0 Å². The molecule has 0 fully saturated rings. The molecule has 0 saturated carbocycles. The second-order valence-corrected chi connectivity index (χ2v) is 4.31. The van der Waals surface area contributed by atoms with Gasteiger partial charge in [0.25, 0.3) is 0 Å². The number of nitrogens with one attached hydrogen (secondary N) is 1. The van der Waals surface area contributed by atoms with Crippen molar-refractivity contribution in [2.24, 2.45) is 0 Å². The van der Waals surface area contributed by atoms with Crippen molar-refractivity contribution in [2.75, 3.05) is 23.9 Å². The van der Waals surface area contributed by atoms with Crippen LogP contribution in [0.4, 0.5) is 5.69 Å². The third kappa shape index (κ3) is 4.05. The van der Waals surface area contributed by atoms with Crippen LogP contribution in [0.2, 0.25) is 0 Å². The molecule has 0 aliphatic heterocycles. The summed E-state index contributed by atoms with van der Waals surface area (Å²) in [6, 6.07) is 8.71. The Kier molecular flexibility index (Phi) is 5.53. The number of hydrogen-bond donors (Lipinski definition) is 1. The van der Waals surface area contributed by atoms with Gasteiger partial charge in [-0.05, 0) is 42.5 Å². The van der Waals surface area contributed by atoms with Gasteiger partial charge in [0.15, 0.2) is 0 Å². The molecule has 1 aromatic carbocycles. The third-order valence-corrected chi connectivity index (χ3v) is 2.91. The van der Waals surface area contributed by atoms with Crippen molar-refractivity contribution in [3.63, 3.8) is 0 Å². The maximum Gasteiger partial charge on any atom is 0.0340 e. The highest BCUT2D eigenvalue weighted by atomic mass is 32.2. The SMILES string of the molecule is CCc1ccc(NCCCSC)cc1. The van der Waals surface area contributed by atoms with E-state index in [2.05, 4.69) is 42.8 Å². The fourth-order valence-electron chi connectivity index (χ4n) is 1.31. The summed E-state index contributed by atoms with van der Waals surface area (Å²) in [4.78, 5) is 0. The summed E-state index contributed by atoms with van der Waals surface area (Å²) in [5.41, 5.74) is 2.64. The number of hydrogen-bond acceptors (Lipinski definition) is 2. The van der Waals surface area contributed by atoms with Crippen LogP contribution < -0.4 is 5.32 Å². The van der Waals surface area contributed by atoms with Gasteiger partial charge in [0, 0.05) is 12.2 Å². The fraction of sp³-hybridized carbons (Fsp3) is 0.500. The molecule has 14 heavy (non-hydrogen) atoms. The Morgan fingerprint density at radius 3 is 2.50 bits per heavy atom. The van der Waals surface area contributed by atoms with Crippen LogP contribution in [0.3, 0.4) is 0 Å². The third-order valence-electron chi connectivity index (χ3n) is 2.22. The number of anilines is 1.